The summed E-state index contributed by atoms with van der Waals surface area (Å²) in [7, 11) is 0. The van der Waals surface area contributed by atoms with Gasteiger partial charge in [0.25, 0.3) is 0 Å². The molecule has 20 heavy (non-hydrogen) atoms. The van der Waals surface area contributed by atoms with Gasteiger partial charge < -0.3 is 11.1 Å². The van der Waals surface area contributed by atoms with E-state index in [0.717, 1.165) is 18.4 Å². The lowest BCUT2D eigenvalue weighted by Gasteiger charge is -2.10. The van der Waals surface area contributed by atoms with Gasteiger partial charge in [0.05, 0.1) is 0 Å². The lowest BCUT2D eigenvalue weighted by molar-refractivity contribution is -0.116. The highest BCUT2D eigenvalue weighted by molar-refractivity contribution is 5.91. The number of nitrogens with zero attached hydrogens (tertiary/aromatic N) is 3. The molecule has 4 N–H and O–H groups in total. The van der Waals surface area contributed by atoms with Crippen LogP contribution < -0.4 is 11.1 Å². The molecule has 2 rings (SSSR count). The Labute approximate surface area is 117 Å². The van der Waals surface area contributed by atoms with Gasteiger partial charge in [-0.15, -0.1) is 10.2 Å². The Hall–Kier alpha value is -2.28. The van der Waals surface area contributed by atoms with Crippen LogP contribution in [-0.2, 0) is 4.79 Å². The summed E-state index contributed by atoms with van der Waals surface area (Å²) in [4.78, 5) is 11.9. The third-order valence-corrected chi connectivity index (χ3v) is 2.86. The molecule has 0 aliphatic heterocycles. The number of anilines is 1. The predicted molar refractivity (Wildman–Crippen MR) is 75.7 cm³/mol. The van der Waals surface area contributed by atoms with Crippen LogP contribution in [0.4, 0.5) is 5.69 Å². The van der Waals surface area contributed by atoms with Crippen LogP contribution >= 0.6 is 0 Å². The standard InChI is InChI=1S/C13H18N6O/c1-2-4-10(14)8-12(20)15-11-6-3-5-9(7-11)13-16-18-19-17-13/h3,5-7,10H,2,4,8,14H2,1H3,(H,15,20)(H,16,17,18,19). The van der Waals surface area contributed by atoms with Crippen molar-refractivity contribution in [1.82, 2.24) is 20.6 Å². The number of hydrogen-bond donors (Lipinski definition) is 3. The van der Waals surface area contributed by atoms with Gasteiger partial charge in [-0.25, -0.2) is 0 Å². The first kappa shape index (κ1) is 14.1. The van der Waals surface area contributed by atoms with E-state index in [2.05, 4.69) is 25.9 Å². The van der Waals surface area contributed by atoms with E-state index in [-0.39, 0.29) is 11.9 Å². The minimum Gasteiger partial charge on any atom is -0.327 e. The van der Waals surface area contributed by atoms with Crippen LogP contribution in [0, 0.1) is 0 Å². The molecule has 1 aromatic carbocycles. The molecule has 0 aliphatic rings. The summed E-state index contributed by atoms with van der Waals surface area (Å²) >= 11 is 0. The summed E-state index contributed by atoms with van der Waals surface area (Å²) in [5.41, 5.74) is 7.33. The van der Waals surface area contributed by atoms with E-state index in [1.165, 1.54) is 0 Å². The molecule has 1 atom stereocenters. The van der Waals surface area contributed by atoms with Crippen molar-refractivity contribution < 1.29 is 4.79 Å². The molecule has 0 radical (unpaired) electrons. The van der Waals surface area contributed by atoms with Gasteiger partial charge in [0.1, 0.15) is 0 Å². The number of carbonyl (C=O) groups excluding carboxylic acids is 1. The third kappa shape index (κ3) is 3.86. The van der Waals surface area contributed by atoms with E-state index in [4.69, 9.17) is 5.73 Å². The molecular formula is C13H18N6O. The van der Waals surface area contributed by atoms with Gasteiger partial charge in [-0.05, 0) is 23.8 Å². The van der Waals surface area contributed by atoms with Crippen LogP contribution in [0.3, 0.4) is 0 Å². The molecule has 1 aromatic heterocycles. The zero-order valence-corrected chi connectivity index (χ0v) is 11.3. The van der Waals surface area contributed by atoms with Gasteiger partial charge in [-0.1, -0.05) is 25.5 Å². The number of tetrazole rings is 1. The number of H-pyrrole nitrogens is 1. The SMILES string of the molecule is CCCC(N)CC(=O)Nc1cccc(-c2nn[nH]n2)c1. The monoisotopic (exact) mass is 274 g/mol. The van der Waals surface area contributed by atoms with E-state index in [9.17, 15) is 4.79 Å². The molecular weight excluding hydrogens is 256 g/mol. The Kier molecular flexibility index (Phi) is 4.78. The summed E-state index contributed by atoms with van der Waals surface area (Å²) in [6.45, 7) is 2.05. The average Bonchev–Trinajstić information content (AvgIpc) is 2.92. The van der Waals surface area contributed by atoms with Gasteiger partial charge in [0, 0.05) is 23.7 Å². The molecule has 0 saturated carbocycles. The van der Waals surface area contributed by atoms with Gasteiger partial charge in [0.2, 0.25) is 11.7 Å². The van der Waals surface area contributed by atoms with Crippen LogP contribution in [0.15, 0.2) is 24.3 Å². The highest BCUT2D eigenvalue weighted by atomic mass is 16.1. The van der Waals surface area contributed by atoms with Crippen LogP contribution in [0.2, 0.25) is 0 Å². The van der Waals surface area contributed by atoms with E-state index in [0.29, 0.717) is 17.9 Å². The number of nitrogens with two attached hydrogens (primary N) is 1. The van der Waals surface area contributed by atoms with Crippen LogP contribution in [0.5, 0.6) is 0 Å². The largest absolute Gasteiger partial charge is 0.327 e. The lowest BCUT2D eigenvalue weighted by atomic mass is 10.1. The smallest absolute Gasteiger partial charge is 0.225 e. The summed E-state index contributed by atoms with van der Waals surface area (Å²) < 4.78 is 0. The first-order valence-corrected chi connectivity index (χ1v) is 6.58. The minimum absolute atomic E-state index is 0.0868. The first-order valence-electron chi connectivity index (χ1n) is 6.58. The fourth-order valence-electron chi connectivity index (χ4n) is 1.94. The van der Waals surface area contributed by atoms with Crippen molar-refractivity contribution in [2.45, 2.75) is 32.2 Å². The van der Waals surface area contributed by atoms with Crippen LogP contribution in [0.25, 0.3) is 11.4 Å². The highest BCUT2D eigenvalue weighted by Gasteiger charge is 2.10. The Morgan fingerprint density at radius 3 is 3.05 bits per heavy atom. The van der Waals surface area contributed by atoms with Gasteiger partial charge in [-0.2, -0.15) is 5.21 Å². The molecule has 1 heterocycles. The number of aromatic nitrogens is 4. The Morgan fingerprint density at radius 1 is 1.50 bits per heavy atom. The van der Waals surface area contributed by atoms with E-state index in [1.807, 2.05) is 25.1 Å². The minimum atomic E-state index is -0.0969. The van der Waals surface area contributed by atoms with Crippen molar-refractivity contribution in [3.63, 3.8) is 0 Å². The second-order valence-electron chi connectivity index (χ2n) is 4.62. The zero-order valence-electron chi connectivity index (χ0n) is 11.3. The third-order valence-electron chi connectivity index (χ3n) is 2.86. The molecule has 106 valence electrons. The van der Waals surface area contributed by atoms with Crippen molar-refractivity contribution >= 4 is 11.6 Å². The van der Waals surface area contributed by atoms with Gasteiger partial charge in [-0.3, -0.25) is 4.79 Å². The highest BCUT2D eigenvalue weighted by Crippen LogP contribution is 2.18. The van der Waals surface area contributed by atoms with Crippen molar-refractivity contribution in [3.8, 4) is 11.4 Å². The first-order chi connectivity index (χ1) is 9.69. The van der Waals surface area contributed by atoms with Gasteiger partial charge >= 0.3 is 0 Å². The lowest BCUT2D eigenvalue weighted by Crippen LogP contribution is -2.26. The molecule has 0 spiro atoms. The molecule has 0 aliphatic carbocycles. The van der Waals surface area contributed by atoms with Crippen molar-refractivity contribution in [2.75, 3.05) is 5.32 Å². The molecule has 7 nitrogen and oxygen atoms in total. The molecule has 0 bridgehead atoms. The van der Waals surface area contributed by atoms with Crippen molar-refractivity contribution in [1.29, 1.82) is 0 Å². The fraction of sp³-hybridized carbons (Fsp3) is 0.385. The number of amides is 1. The molecule has 2 aromatic rings. The number of nitrogens with one attached hydrogen (secondary N) is 2. The van der Waals surface area contributed by atoms with E-state index in [1.54, 1.807) is 6.07 Å². The quantitative estimate of drug-likeness (QED) is 0.736. The number of aromatic amines is 1. The summed E-state index contributed by atoms with van der Waals surface area (Å²) in [6, 6.07) is 7.19. The van der Waals surface area contributed by atoms with Crippen LogP contribution in [-0.4, -0.2) is 32.6 Å². The van der Waals surface area contributed by atoms with E-state index >= 15 is 0 Å². The number of carbonyl (C=O) groups is 1. The maximum absolute atomic E-state index is 11.9. The van der Waals surface area contributed by atoms with Gasteiger partial charge in [0.15, 0.2) is 0 Å². The Bertz CT molecular complexity index is 554. The van der Waals surface area contributed by atoms with Crippen molar-refractivity contribution in [2.24, 2.45) is 5.73 Å². The fourth-order valence-corrected chi connectivity index (χ4v) is 1.94. The number of rotatable bonds is 6. The summed E-state index contributed by atoms with van der Waals surface area (Å²) in [5, 5.41) is 16.5. The molecule has 1 unspecified atom stereocenters. The molecule has 7 heteroatoms. The van der Waals surface area contributed by atoms with Crippen LogP contribution in [0.1, 0.15) is 26.2 Å². The van der Waals surface area contributed by atoms with E-state index < -0.39 is 0 Å². The predicted octanol–water partition coefficient (Wildman–Crippen LogP) is 1.32. The molecule has 0 saturated heterocycles. The maximum atomic E-state index is 11.9. The summed E-state index contributed by atoms with van der Waals surface area (Å²) in [5.74, 6) is 0.403. The Morgan fingerprint density at radius 2 is 2.35 bits per heavy atom. The molecule has 1 amide bonds. The molecule has 0 fully saturated rings. The maximum Gasteiger partial charge on any atom is 0.225 e. The average molecular weight is 274 g/mol. The summed E-state index contributed by atoms with van der Waals surface area (Å²) in [6.07, 6.45) is 2.14. The number of hydrogen-bond acceptors (Lipinski definition) is 5. The Balaban J connectivity index is 1.99. The normalized spacial score (nSPS) is 12.1. The number of benzene rings is 1. The zero-order chi connectivity index (χ0) is 14.4. The second kappa shape index (κ2) is 6.76. The second-order valence-corrected chi connectivity index (χ2v) is 4.62. The topological polar surface area (TPSA) is 110 Å². The van der Waals surface area contributed by atoms with Crippen molar-refractivity contribution in [3.05, 3.63) is 24.3 Å².